The predicted molar refractivity (Wildman–Crippen MR) is 87.8 cm³/mol. The molecule has 5 nitrogen and oxygen atoms in total. The van der Waals surface area contributed by atoms with Gasteiger partial charge in [0.25, 0.3) is 0 Å². The van der Waals surface area contributed by atoms with Crippen molar-refractivity contribution in [1.82, 2.24) is 10.3 Å². The quantitative estimate of drug-likeness (QED) is 0.904. The molecule has 0 aliphatic carbocycles. The van der Waals surface area contributed by atoms with E-state index >= 15 is 0 Å². The Morgan fingerprint density at radius 3 is 2.56 bits per heavy atom. The Labute approximate surface area is 143 Å². The normalized spacial score (nSPS) is 17.0. The van der Waals surface area contributed by atoms with Crippen LogP contribution in [0, 0.1) is 11.6 Å². The van der Waals surface area contributed by atoms with Crippen LogP contribution in [0.5, 0.6) is 0 Å². The molecule has 3 rings (SSSR count). The molecule has 1 aliphatic heterocycles. The van der Waals surface area contributed by atoms with Crippen LogP contribution >= 0.6 is 0 Å². The van der Waals surface area contributed by atoms with Gasteiger partial charge in [-0.15, -0.1) is 0 Å². The van der Waals surface area contributed by atoms with E-state index in [1.165, 1.54) is 6.07 Å². The van der Waals surface area contributed by atoms with Crippen molar-refractivity contribution in [2.75, 3.05) is 11.4 Å². The summed E-state index contributed by atoms with van der Waals surface area (Å²) in [6, 6.07) is 6.65. The number of anilines is 1. The smallest absolute Gasteiger partial charge is 0.229 e. The van der Waals surface area contributed by atoms with Crippen LogP contribution < -0.4 is 10.2 Å². The molecule has 0 saturated carbocycles. The minimum absolute atomic E-state index is 0.0226. The third-order valence-corrected chi connectivity index (χ3v) is 4.09. The van der Waals surface area contributed by atoms with Crippen molar-refractivity contribution >= 4 is 17.5 Å². The summed E-state index contributed by atoms with van der Waals surface area (Å²) >= 11 is 0. The lowest BCUT2D eigenvalue weighted by molar-refractivity contribution is -0.121. The highest BCUT2D eigenvalue weighted by atomic mass is 19.1. The molecule has 1 fully saturated rings. The van der Waals surface area contributed by atoms with E-state index in [-0.39, 0.29) is 31.0 Å². The third-order valence-electron chi connectivity index (χ3n) is 4.09. The summed E-state index contributed by atoms with van der Waals surface area (Å²) in [5.74, 6) is -2.20. The van der Waals surface area contributed by atoms with Gasteiger partial charge >= 0.3 is 0 Å². The summed E-state index contributed by atoms with van der Waals surface area (Å²) in [4.78, 5) is 29.1. The van der Waals surface area contributed by atoms with Gasteiger partial charge in [-0.05, 0) is 36.2 Å². The van der Waals surface area contributed by atoms with Crippen molar-refractivity contribution in [3.63, 3.8) is 0 Å². The van der Waals surface area contributed by atoms with Gasteiger partial charge in [0.05, 0.1) is 6.04 Å². The van der Waals surface area contributed by atoms with Crippen LogP contribution in [-0.2, 0) is 16.0 Å². The number of amides is 2. The molecule has 1 N–H and O–H groups in total. The van der Waals surface area contributed by atoms with E-state index in [2.05, 4.69) is 10.3 Å². The van der Waals surface area contributed by atoms with E-state index < -0.39 is 23.6 Å². The molecule has 0 spiro atoms. The second-order valence-corrected chi connectivity index (χ2v) is 5.90. The number of rotatable bonds is 5. The first kappa shape index (κ1) is 17.0. The summed E-state index contributed by atoms with van der Waals surface area (Å²) < 4.78 is 27.7. The van der Waals surface area contributed by atoms with Gasteiger partial charge in [-0.1, -0.05) is 6.07 Å². The monoisotopic (exact) mass is 345 g/mol. The van der Waals surface area contributed by atoms with Gasteiger partial charge in [0, 0.05) is 31.8 Å². The second-order valence-electron chi connectivity index (χ2n) is 5.90. The molecule has 1 aromatic carbocycles. The number of hydrogen-bond donors (Lipinski definition) is 1. The van der Waals surface area contributed by atoms with Gasteiger partial charge in [0.1, 0.15) is 17.3 Å². The third kappa shape index (κ3) is 3.99. The molecular formula is C18H17F2N3O2. The highest BCUT2D eigenvalue weighted by Gasteiger charge is 2.34. The second kappa shape index (κ2) is 7.38. The SMILES string of the molecule is O=C(CCc1ccncc1)N[C@H]1CC(=O)N(c2c(F)cccc2F)C1. The minimum atomic E-state index is -0.794. The summed E-state index contributed by atoms with van der Waals surface area (Å²) in [5, 5.41) is 2.76. The Morgan fingerprint density at radius 1 is 1.20 bits per heavy atom. The molecule has 1 saturated heterocycles. The van der Waals surface area contributed by atoms with E-state index in [0.717, 1.165) is 22.6 Å². The maximum Gasteiger partial charge on any atom is 0.229 e. The molecule has 0 unspecified atom stereocenters. The molecule has 25 heavy (non-hydrogen) atoms. The number of aryl methyl sites for hydroxylation is 1. The van der Waals surface area contributed by atoms with E-state index in [4.69, 9.17) is 0 Å². The highest BCUT2D eigenvalue weighted by molar-refractivity contribution is 5.97. The molecule has 2 amide bonds. The number of carbonyl (C=O) groups is 2. The number of nitrogens with zero attached hydrogens (tertiary/aromatic N) is 2. The largest absolute Gasteiger partial charge is 0.351 e. The average Bonchev–Trinajstić information content (AvgIpc) is 2.94. The molecule has 0 radical (unpaired) electrons. The number of aromatic nitrogens is 1. The lowest BCUT2D eigenvalue weighted by atomic mass is 10.1. The zero-order chi connectivity index (χ0) is 17.8. The van der Waals surface area contributed by atoms with Gasteiger partial charge < -0.3 is 10.2 Å². The first-order valence-electron chi connectivity index (χ1n) is 7.97. The first-order chi connectivity index (χ1) is 12.0. The van der Waals surface area contributed by atoms with Gasteiger partial charge in [-0.25, -0.2) is 8.78 Å². The van der Waals surface area contributed by atoms with Gasteiger partial charge in [0.15, 0.2) is 0 Å². The number of benzene rings is 1. The van der Waals surface area contributed by atoms with Crippen LogP contribution in [0.3, 0.4) is 0 Å². The summed E-state index contributed by atoms with van der Waals surface area (Å²) in [7, 11) is 0. The number of hydrogen-bond acceptors (Lipinski definition) is 3. The molecule has 2 heterocycles. The van der Waals surface area contributed by atoms with Crippen LogP contribution in [0.4, 0.5) is 14.5 Å². The lowest BCUT2D eigenvalue weighted by Crippen LogP contribution is -2.37. The topological polar surface area (TPSA) is 62.3 Å². The van der Waals surface area contributed by atoms with Gasteiger partial charge in [-0.2, -0.15) is 0 Å². The van der Waals surface area contributed by atoms with Crippen LogP contribution in [0.15, 0.2) is 42.7 Å². The van der Waals surface area contributed by atoms with E-state index in [0.29, 0.717) is 6.42 Å². The van der Waals surface area contributed by atoms with E-state index in [1.54, 1.807) is 12.4 Å². The van der Waals surface area contributed by atoms with Crippen LogP contribution in [0.2, 0.25) is 0 Å². The van der Waals surface area contributed by atoms with E-state index in [1.807, 2.05) is 12.1 Å². The molecule has 7 heteroatoms. The molecule has 0 bridgehead atoms. The van der Waals surface area contributed by atoms with Crippen LogP contribution in [-0.4, -0.2) is 29.4 Å². The Morgan fingerprint density at radius 2 is 1.88 bits per heavy atom. The summed E-state index contributed by atoms with van der Waals surface area (Å²) in [6.45, 7) is 0.0533. The highest BCUT2D eigenvalue weighted by Crippen LogP contribution is 2.27. The van der Waals surface area contributed by atoms with Gasteiger partial charge in [-0.3, -0.25) is 14.6 Å². The number of nitrogens with one attached hydrogen (secondary N) is 1. The lowest BCUT2D eigenvalue weighted by Gasteiger charge is -2.18. The van der Waals surface area contributed by atoms with Crippen molar-refractivity contribution in [1.29, 1.82) is 0 Å². The van der Waals surface area contributed by atoms with Crippen LogP contribution in [0.1, 0.15) is 18.4 Å². The first-order valence-corrected chi connectivity index (χ1v) is 7.97. The van der Waals surface area contributed by atoms with E-state index in [9.17, 15) is 18.4 Å². The molecule has 1 aromatic heterocycles. The maximum atomic E-state index is 13.8. The number of pyridine rings is 1. The van der Waals surface area contributed by atoms with Crippen molar-refractivity contribution in [2.45, 2.75) is 25.3 Å². The fourth-order valence-electron chi connectivity index (χ4n) is 2.87. The standard InChI is InChI=1S/C18H17F2N3O2/c19-14-2-1-3-15(20)18(14)23-11-13(10-17(23)25)22-16(24)5-4-12-6-8-21-9-7-12/h1-3,6-9,13H,4-5,10-11H2,(H,22,24)/t13-/m0/s1. The Hall–Kier alpha value is -2.83. The van der Waals surface area contributed by atoms with Crippen molar-refractivity contribution in [2.24, 2.45) is 0 Å². The Balaban J connectivity index is 1.58. The average molecular weight is 345 g/mol. The van der Waals surface area contributed by atoms with Crippen LogP contribution in [0.25, 0.3) is 0 Å². The molecular weight excluding hydrogens is 328 g/mol. The fraction of sp³-hybridized carbons (Fsp3) is 0.278. The Bertz CT molecular complexity index is 763. The zero-order valence-corrected chi connectivity index (χ0v) is 13.4. The van der Waals surface area contributed by atoms with Crippen molar-refractivity contribution in [3.05, 3.63) is 59.9 Å². The van der Waals surface area contributed by atoms with Gasteiger partial charge in [0.2, 0.25) is 11.8 Å². The maximum absolute atomic E-state index is 13.8. The number of halogens is 2. The summed E-state index contributed by atoms with van der Waals surface area (Å²) in [5.41, 5.74) is 0.628. The molecule has 1 aliphatic rings. The van der Waals surface area contributed by atoms with Crippen molar-refractivity contribution < 1.29 is 18.4 Å². The molecule has 130 valence electrons. The predicted octanol–water partition coefficient (Wildman–Crippen LogP) is 2.21. The number of para-hydroxylation sites is 1. The number of carbonyl (C=O) groups excluding carboxylic acids is 2. The molecule has 1 atom stereocenters. The minimum Gasteiger partial charge on any atom is -0.351 e. The summed E-state index contributed by atoms with van der Waals surface area (Å²) in [6.07, 6.45) is 4.16. The van der Waals surface area contributed by atoms with Crippen molar-refractivity contribution in [3.8, 4) is 0 Å². The molecule has 2 aromatic rings. The Kier molecular flexibility index (Phi) is 5.02. The zero-order valence-electron chi connectivity index (χ0n) is 13.4. The fourth-order valence-corrected chi connectivity index (χ4v) is 2.87.